The summed E-state index contributed by atoms with van der Waals surface area (Å²) in [5.41, 5.74) is 0. The van der Waals surface area contributed by atoms with Gasteiger partial charge in [-0.05, 0) is 12.8 Å². The molecule has 1 N–H and O–H groups in total. The first kappa shape index (κ1) is 12.8. The van der Waals surface area contributed by atoms with Crippen LogP contribution in [0.5, 0.6) is 0 Å². The number of nitrogens with zero attached hydrogens (tertiary/aromatic N) is 2. The molecule has 0 aromatic carbocycles. The molecule has 1 saturated heterocycles. The Kier molecular flexibility index (Phi) is 3.72. The highest BCUT2D eigenvalue weighted by molar-refractivity contribution is 7.89. The van der Waals surface area contributed by atoms with E-state index in [1.807, 2.05) is 0 Å². The zero-order chi connectivity index (χ0) is 12.5. The molecule has 0 radical (unpaired) electrons. The van der Waals surface area contributed by atoms with E-state index in [4.69, 9.17) is 16.3 Å². The number of sulfonamides is 1. The summed E-state index contributed by atoms with van der Waals surface area (Å²) in [6.45, 7) is 0.950. The van der Waals surface area contributed by atoms with Crippen LogP contribution in [0.2, 0.25) is 5.15 Å². The van der Waals surface area contributed by atoms with Crippen molar-refractivity contribution in [1.29, 1.82) is 0 Å². The van der Waals surface area contributed by atoms with Gasteiger partial charge in [-0.1, -0.05) is 11.6 Å². The van der Waals surface area contributed by atoms with E-state index in [0.29, 0.717) is 6.61 Å². The SMILES string of the molecule is Cn1cnc(S(=O)(=O)NC[C@@H]2CCCO2)c1Cl. The molecule has 6 nitrogen and oxygen atoms in total. The fourth-order valence-electron chi connectivity index (χ4n) is 1.65. The predicted octanol–water partition coefficient (Wildman–Crippen LogP) is 0.531. The van der Waals surface area contributed by atoms with Gasteiger partial charge in [-0.15, -0.1) is 0 Å². The van der Waals surface area contributed by atoms with E-state index < -0.39 is 10.0 Å². The number of imidazole rings is 1. The van der Waals surface area contributed by atoms with E-state index in [-0.39, 0.29) is 22.8 Å². The summed E-state index contributed by atoms with van der Waals surface area (Å²) in [5.74, 6) is 0. The normalized spacial score (nSPS) is 20.9. The number of aryl methyl sites for hydroxylation is 1. The van der Waals surface area contributed by atoms with E-state index in [2.05, 4.69) is 9.71 Å². The summed E-state index contributed by atoms with van der Waals surface area (Å²) in [4.78, 5) is 3.77. The van der Waals surface area contributed by atoms with Crippen LogP contribution in [0.1, 0.15) is 12.8 Å². The Bertz CT molecular complexity index is 494. The minimum absolute atomic E-state index is 0.0488. The van der Waals surface area contributed by atoms with Gasteiger partial charge in [0.25, 0.3) is 10.0 Å². The molecule has 0 aliphatic carbocycles. The maximum atomic E-state index is 11.9. The maximum Gasteiger partial charge on any atom is 0.261 e. The van der Waals surface area contributed by atoms with Gasteiger partial charge in [0, 0.05) is 20.2 Å². The molecule has 2 heterocycles. The van der Waals surface area contributed by atoms with Gasteiger partial charge in [0.2, 0.25) is 5.03 Å². The average molecular weight is 280 g/mol. The highest BCUT2D eigenvalue weighted by Crippen LogP contribution is 2.19. The number of hydrogen-bond donors (Lipinski definition) is 1. The van der Waals surface area contributed by atoms with Gasteiger partial charge in [0.05, 0.1) is 12.4 Å². The standard InChI is InChI=1S/C9H14ClN3O3S/c1-13-6-11-9(8(13)10)17(14,15)12-5-7-3-2-4-16-7/h6-7,12H,2-5H2,1H3/t7-/m0/s1. The second kappa shape index (κ2) is 4.93. The lowest BCUT2D eigenvalue weighted by atomic mass is 10.2. The molecule has 8 heteroatoms. The number of rotatable bonds is 4. The largest absolute Gasteiger partial charge is 0.377 e. The molecule has 0 unspecified atom stereocenters. The Morgan fingerprint density at radius 3 is 3.00 bits per heavy atom. The topological polar surface area (TPSA) is 73.2 Å². The fourth-order valence-corrected chi connectivity index (χ4v) is 3.14. The van der Waals surface area contributed by atoms with Crippen LogP contribution in [0.25, 0.3) is 0 Å². The van der Waals surface area contributed by atoms with Gasteiger partial charge in [-0.25, -0.2) is 18.1 Å². The molecular formula is C9H14ClN3O3S. The lowest BCUT2D eigenvalue weighted by Gasteiger charge is -2.10. The van der Waals surface area contributed by atoms with Crippen molar-refractivity contribution in [2.45, 2.75) is 24.0 Å². The summed E-state index contributed by atoms with van der Waals surface area (Å²) in [7, 11) is -2.02. The summed E-state index contributed by atoms with van der Waals surface area (Å²) >= 11 is 5.84. The van der Waals surface area contributed by atoms with Crippen molar-refractivity contribution in [2.24, 2.45) is 7.05 Å². The van der Waals surface area contributed by atoms with Gasteiger partial charge in [-0.3, -0.25) is 0 Å². The van der Waals surface area contributed by atoms with Crippen LogP contribution < -0.4 is 4.72 Å². The van der Waals surface area contributed by atoms with E-state index in [1.165, 1.54) is 10.9 Å². The maximum absolute atomic E-state index is 11.9. The number of halogens is 1. The summed E-state index contributed by atoms with van der Waals surface area (Å²) in [5, 5.41) is -0.0375. The molecule has 1 aliphatic heterocycles. The summed E-state index contributed by atoms with van der Waals surface area (Å²) in [6, 6.07) is 0. The molecule has 1 atom stereocenters. The molecule has 0 saturated carbocycles. The molecule has 2 rings (SSSR count). The lowest BCUT2D eigenvalue weighted by Crippen LogP contribution is -2.32. The molecule has 1 aliphatic rings. The van der Waals surface area contributed by atoms with Crippen LogP contribution in [0.15, 0.2) is 11.4 Å². The van der Waals surface area contributed by atoms with Gasteiger partial charge >= 0.3 is 0 Å². The second-order valence-corrected chi connectivity index (χ2v) is 5.98. The molecule has 0 spiro atoms. The van der Waals surface area contributed by atoms with Crippen LogP contribution in [-0.4, -0.2) is 37.2 Å². The number of nitrogens with one attached hydrogen (secondary N) is 1. The quantitative estimate of drug-likeness (QED) is 0.873. The molecule has 96 valence electrons. The monoisotopic (exact) mass is 279 g/mol. The molecule has 1 aromatic rings. The lowest BCUT2D eigenvalue weighted by molar-refractivity contribution is 0.114. The first-order valence-corrected chi connectivity index (χ1v) is 7.15. The van der Waals surface area contributed by atoms with E-state index in [9.17, 15) is 8.42 Å². The summed E-state index contributed by atoms with van der Waals surface area (Å²) < 4.78 is 33.0. The minimum atomic E-state index is -3.65. The van der Waals surface area contributed by atoms with Gasteiger partial charge < -0.3 is 9.30 Å². The first-order chi connectivity index (χ1) is 8.00. The predicted molar refractivity (Wildman–Crippen MR) is 62.4 cm³/mol. The highest BCUT2D eigenvalue weighted by Gasteiger charge is 2.24. The number of ether oxygens (including phenoxy) is 1. The molecule has 17 heavy (non-hydrogen) atoms. The molecule has 1 fully saturated rings. The zero-order valence-corrected chi connectivity index (χ0v) is 11.0. The van der Waals surface area contributed by atoms with E-state index in [0.717, 1.165) is 12.8 Å². The van der Waals surface area contributed by atoms with Crippen molar-refractivity contribution in [2.75, 3.05) is 13.2 Å². The van der Waals surface area contributed by atoms with E-state index in [1.54, 1.807) is 7.05 Å². The third kappa shape index (κ3) is 2.79. The van der Waals surface area contributed by atoms with Crippen LogP contribution in [-0.2, 0) is 21.8 Å². The average Bonchev–Trinajstić information content (AvgIpc) is 2.88. The smallest absolute Gasteiger partial charge is 0.261 e. The zero-order valence-electron chi connectivity index (χ0n) is 9.39. The van der Waals surface area contributed by atoms with Crippen molar-refractivity contribution in [1.82, 2.24) is 14.3 Å². The van der Waals surface area contributed by atoms with E-state index >= 15 is 0 Å². The Balaban J connectivity index is 2.05. The van der Waals surface area contributed by atoms with Crippen molar-refractivity contribution in [3.8, 4) is 0 Å². The molecule has 0 amide bonds. The Hall–Kier alpha value is -0.630. The van der Waals surface area contributed by atoms with Crippen molar-refractivity contribution < 1.29 is 13.2 Å². The second-order valence-electron chi connectivity index (χ2n) is 3.94. The van der Waals surface area contributed by atoms with Gasteiger partial charge in [-0.2, -0.15) is 0 Å². The number of aromatic nitrogens is 2. The van der Waals surface area contributed by atoms with Crippen molar-refractivity contribution in [3.63, 3.8) is 0 Å². The molecule has 1 aromatic heterocycles. The first-order valence-electron chi connectivity index (χ1n) is 5.29. The van der Waals surface area contributed by atoms with Crippen molar-refractivity contribution in [3.05, 3.63) is 11.5 Å². The highest BCUT2D eigenvalue weighted by atomic mass is 35.5. The Morgan fingerprint density at radius 1 is 1.71 bits per heavy atom. The van der Waals surface area contributed by atoms with Crippen molar-refractivity contribution >= 4 is 21.6 Å². The van der Waals surface area contributed by atoms with Crippen LogP contribution in [0, 0.1) is 0 Å². The molecular weight excluding hydrogens is 266 g/mol. The van der Waals surface area contributed by atoms with Crippen LogP contribution >= 0.6 is 11.6 Å². The van der Waals surface area contributed by atoms with Gasteiger partial charge in [0.1, 0.15) is 5.15 Å². The van der Waals surface area contributed by atoms with Gasteiger partial charge in [0.15, 0.2) is 0 Å². The Morgan fingerprint density at radius 2 is 2.47 bits per heavy atom. The third-order valence-electron chi connectivity index (χ3n) is 2.61. The summed E-state index contributed by atoms with van der Waals surface area (Å²) in [6.07, 6.45) is 3.16. The third-order valence-corrected chi connectivity index (χ3v) is 4.53. The van der Waals surface area contributed by atoms with Crippen LogP contribution in [0.3, 0.4) is 0 Å². The minimum Gasteiger partial charge on any atom is -0.377 e. The van der Waals surface area contributed by atoms with Crippen LogP contribution in [0.4, 0.5) is 0 Å². The number of hydrogen-bond acceptors (Lipinski definition) is 4. The fraction of sp³-hybridized carbons (Fsp3) is 0.667. The molecule has 0 bridgehead atoms. The Labute approximate surface area is 105 Å².